The van der Waals surface area contributed by atoms with E-state index in [-0.39, 0.29) is 19.1 Å². The zero-order valence-corrected chi connectivity index (χ0v) is 12.1. The zero-order chi connectivity index (χ0) is 15.3. The lowest BCUT2D eigenvalue weighted by atomic mass is 9.80. The van der Waals surface area contributed by atoms with Crippen LogP contribution >= 0.6 is 0 Å². The number of carbonyl (C=O) groups is 2. The third-order valence-electron chi connectivity index (χ3n) is 4.23. The molecule has 6 nitrogen and oxygen atoms in total. The van der Waals surface area contributed by atoms with Gasteiger partial charge in [0.05, 0.1) is 12.0 Å². The number of carboxylic acid groups (broad SMARTS) is 1. The number of amides is 2. The minimum absolute atomic E-state index is 0.121. The molecule has 0 aromatic heterocycles. The Labute approximate surface area is 124 Å². The van der Waals surface area contributed by atoms with Crippen LogP contribution < -0.4 is 5.32 Å². The van der Waals surface area contributed by atoms with Gasteiger partial charge in [-0.1, -0.05) is 5.92 Å². The Balaban J connectivity index is 1.90. The van der Waals surface area contributed by atoms with Crippen LogP contribution in [0, 0.1) is 23.7 Å². The molecule has 21 heavy (non-hydrogen) atoms. The smallest absolute Gasteiger partial charge is 0.318 e. The van der Waals surface area contributed by atoms with Gasteiger partial charge in [-0.2, -0.15) is 0 Å². The van der Waals surface area contributed by atoms with Crippen molar-refractivity contribution in [3.63, 3.8) is 0 Å². The van der Waals surface area contributed by atoms with Gasteiger partial charge in [0.15, 0.2) is 0 Å². The van der Waals surface area contributed by atoms with Crippen LogP contribution in [0.5, 0.6) is 0 Å². The SMILES string of the molecule is C#CCN(CC1CC1)C(=O)NCC1(C(=O)O)CCOCC1. The van der Waals surface area contributed by atoms with Crippen molar-refractivity contribution in [3.05, 3.63) is 0 Å². The maximum absolute atomic E-state index is 12.2. The molecule has 2 fully saturated rings. The molecule has 2 amide bonds. The van der Waals surface area contributed by atoms with E-state index in [1.165, 1.54) is 0 Å². The predicted octanol–water partition coefficient (Wildman–Crippen LogP) is 0.923. The van der Waals surface area contributed by atoms with Crippen LogP contribution in [0.25, 0.3) is 0 Å². The first kappa shape index (κ1) is 15.6. The average Bonchev–Trinajstić information content (AvgIpc) is 3.29. The lowest BCUT2D eigenvalue weighted by Gasteiger charge is -2.34. The quantitative estimate of drug-likeness (QED) is 0.714. The van der Waals surface area contributed by atoms with Gasteiger partial charge in [0.25, 0.3) is 0 Å². The number of rotatable bonds is 6. The second-order valence-corrected chi connectivity index (χ2v) is 5.88. The minimum Gasteiger partial charge on any atom is -0.481 e. The fourth-order valence-electron chi connectivity index (χ4n) is 2.53. The Bertz CT molecular complexity index is 433. The first-order valence-corrected chi connectivity index (χ1v) is 7.35. The third kappa shape index (κ3) is 4.11. The molecular weight excluding hydrogens is 272 g/mol. The molecule has 1 saturated heterocycles. The number of hydrogen-bond donors (Lipinski definition) is 2. The number of terminal acetylenes is 1. The fourth-order valence-corrected chi connectivity index (χ4v) is 2.53. The van der Waals surface area contributed by atoms with Crippen molar-refractivity contribution in [1.82, 2.24) is 10.2 Å². The van der Waals surface area contributed by atoms with Crippen LogP contribution in [-0.4, -0.2) is 54.9 Å². The highest BCUT2D eigenvalue weighted by atomic mass is 16.5. The molecule has 0 aromatic carbocycles. The first-order valence-electron chi connectivity index (χ1n) is 7.35. The van der Waals surface area contributed by atoms with Crippen molar-refractivity contribution < 1.29 is 19.4 Å². The second kappa shape index (κ2) is 6.81. The molecule has 1 saturated carbocycles. The maximum atomic E-state index is 12.2. The van der Waals surface area contributed by atoms with E-state index in [2.05, 4.69) is 11.2 Å². The van der Waals surface area contributed by atoms with Crippen molar-refractivity contribution in [2.24, 2.45) is 11.3 Å². The van der Waals surface area contributed by atoms with Crippen LogP contribution in [0.2, 0.25) is 0 Å². The van der Waals surface area contributed by atoms with E-state index >= 15 is 0 Å². The molecule has 1 aliphatic heterocycles. The van der Waals surface area contributed by atoms with Gasteiger partial charge in [-0.05, 0) is 31.6 Å². The van der Waals surface area contributed by atoms with Crippen LogP contribution in [0.15, 0.2) is 0 Å². The number of aliphatic carboxylic acids is 1. The Morgan fingerprint density at radius 3 is 2.57 bits per heavy atom. The second-order valence-electron chi connectivity index (χ2n) is 5.88. The molecule has 0 aromatic rings. The van der Waals surface area contributed by atoms with Crippen LogP contribution in [0.3, 0.4) is 0 Å². The van der Waals surface area contributed by atoms with E-state index < -0.39 is 11.4 Å². The van der Waals surface area contributed by atoms with E-state index in [9.17, 15) is 14.7 Å². The van der Waals surface area contributed by atoms with Gasteiger partial charge >= 0.3 is 12.0 Å². The molecule has 6 heteroatoms. The van der Waals surface area contributed by atoms with Crippen molar-refractivity contribution in [2.45, 2.75) is 25.7 Å². The van der Waals surface area contributed by atoms with Gasteiger partial charge in [-0.3, -0.25) is 4.79 Å². The number of urea groups is 1. The third-order valence-corrected chi connectivity index (χ3v) is 4.23. The lowest BCUT2D eigenvalue weighted by molar-refractivity contribution is -0.154. The Hall–Kier alpha value is -1.74. The topological polar surface area (TPSA) is 78.9 Å². The number of ether oxygens (including phenoxy) is 1. The highest BCUT2D eigenvalue weighted by Gasteiger charge is 2.40. The van der Waals surface area contributed by atoms with Gasteiger partial charge in [-0.25, -0.2) is 4.79 Å². The molecule has 116 valence electrons. The molecular formula is C15H22N2O4. The van der Waals surface area contributed by atoms with Crippen molar-refractivity contribution in [1.29, 1.82) is 0 Å². The van der Waals surface area contributed by atoms with E-state index in [0.717, 1.165) is 12.8 Å². The molecule has 2 N–H and O–H groups in total. The van der Waals surface area contributed by atoms with Crippen molar-refractivity contribution in [2.75, 3.05) is 32.8 Å². The summed E-state index contributed by atoms with van der Waals surface area (Å²) in [6.45, 7) is 1.86. The molecule has 0 unspecified atom stereocenters. The molecule has 0 spiro atoms. The molecule has 2 aliphatic rings. The summed E-state index contributed by atoms with van der Waals surface area (Å²) in [6, 6.07) is -0.271. The highest BCUT2D eigenvalue weighted by molar-refractivity contribution is 5.78. The van der Waals surface area contributed by atoms with Crippen LogP contribution in [-0.2, 0) is 9.53 Å². The largest absolute Gasteiger partial charge is 0.481 e. The summed E-state index contributed by atoms with van der Waals surface area (Å²) in [7, 11) is 0. The highest BCUT2D eigenvalue weighted by Crippen LogP contribution is 2.31. The monoisotopic (exact) mass is 294 g/mol. The number of carboxylic acids is 1. The lowest BCUT2D eigenvalue weighted by Crippen LogP contribution is -2.50. The van der Waals surface area contributed by atoms with Crippen LogP contribution in [0.1, 0.15) is 25.7 Å². The van der Waals surface area contributed by atoms with Gasteiger partial charge in [0, 0.05) is 26.3 Å². The van der Waals surface area contributed by atoms with Gasteiger partial charge in [0.1, 0.15) is 0 Å². The summed E-state index contributed by atoms with van der Waals surface area (Å²) in [4.78, 5) is 25.3. The van der Waals surface area contributed by atoms with Gasteiger partial charge in [-0.15, -0.1) is 6.42 Å². The summed E-state index contributed by atoms with van der Waals surface area (Å²) in [5.74, 6) is 2.15. The number of hydrogen-bond acceptors (Lipinski definition) is 3. The average molecular weight is 294 g/mol. The molecule has 1 aliphatic carbocycles. The molecule has 1 heterocycles. The normalized spacial score (nSPS) is 20.3. The number of carbonyl (C=O) groups excluding carboxylic acids is 1. The van der Waals surface area contributed by atoms with Gasteiger partial charge < -0.3 is 20.1 Å². The zero-order valence-electron chi connectivity index (χ0n) is 12.1. The van der Waals surface area contributed by atoms with Crippen molar-refractivity contribution in [3.8, 4) is 12.3 Å². The first-order chi connectivity index (χ1) is 10.1. The maximum Gasteiger partial charge on any atom is 0.318 e. The summed E-state index contributed by atoms with van der Waals surface area (Å²) in [5.41, 5.74) is -0.921. The van der Waals surface area contributed by atoms with Crippen molar-refractivity contribution >= 4 is 12.0 Å². The number of nitrogens with zero attached hydrogens (tertiary/aromatic N) is 1. The Morgan fingerprint density at radius 2 is 2.05 bits per heavy atom. The standard InChI is InChI=1S/C15H22N2O4/c1-2-7-17(10-12-3-4-12)14(20)16-11-15(13(18)19)5-8-21-9-6-15/h1,12H,3-11H2,(H,16,20)(H,18,19). The van der Waals surface area contributed by atoms with Gasteiger partial charge in [0.2, 0.25) is 0 Å². The predicted molar refractivity (Wildman–Crippen MR) is 76.7 cm³/mol. The summed E-state index contributed by atoms with van der Waals surface area (Å²) in [5, 5.41) is 12.2. The molecule has 0 radical (unpaired) electrons. The van der Waals surface area contributed by atoms with E-state index in [4.69, 9.17) is 11.2 Å². The molecule has 2 rings (SSSR count). The number of nitrogens with one attached hydrogen (secondary N) is 1. The summed E-state index contributed by atoms with van der Waals surface area (Å²) in [6.07, 6.45) is 8.39. The fraction of sp³-hybridized carbons (Fsp3) is 0.733. The Kier molecular flexibility index (Phi) is 5.07. The molecule has 0 atom stereocenters. The van der Waals surface area contributed by atoms with E-state index in [1.807, 2.05) is 0 Å². The van der Waals surface area contributed by atoms with Crippen LogP contribution in [0.4, 0.5) is 4.79 Å². The van der Waals surface area contributed by atoms with E-state index in [1.54, 1.807) is 4.90 Å². The Morgan fingerprint density at radius 1 is 1.38 bits per heavy atom. The minimum atomic E-state index is -0.921. The summed E-state index contributed by atoms with van der Waals surface area (Å²) < 4.78 is 5.22. The molecule has 0 bridgehead atoms. The summed E-state index contributed by atoms with van der Waals surface area (Å²) >= 11 is 0. The van der Waals surface area contributed by atoms with E-state index in [0.29, 0.717) is 38.5 Å².